The zero-order chi connectivity index (χ0) is 18.3. The first-order chi connectivity index (χ1) is 12.5. The standard InChI is InChI=1S/C17H18FN5O2S/c1-21-15-5-3-2-4-14(15)20-17(21)12-10-16(19-11-13(12)18)22-6-8-23(9-7-22)26(24)25/h2-5,10-11H,6-9H2,1H3,(H,24,25). The van der Waals surface area contributed by atoms with Crippen LogP contribution in [0.15, 0.2) is 36.5 Å². The summed E-state index contributed by atoms with van der Waals surface area (Å²) in [4.78, 5) is 10.7. The Hall–Kier alpha value is -2.36. The number of aromatic nitrogens is 3. The van der Waals surface area contributed by atoms with Gasteiger partial charge in [-0.25, -0.2) is 18.6 Å². The quantitative estimate of drug-likeness (QED) is 0.709. The summed E-state index contributed by atoms with van der Waals surface area (Å²) in [6, 6.07) is 9.36. The first kappa shape index (κ1) is 17.1. The van der Waals surface area contributed by atoms with Crippen molar-refractivity contribution in [2.75, 3.05) is 31.1 Å². The van der Waals surface area contributed by atoms with Gasteiger partial charge in [-0.3, -0.25) is 4.55 Å². The zero-order valence-electron chi connectivity index (χ0n) is 14.2. The van der Waals surface area contributed by atoms with Crippen LogP contribution in [0, 0.1) is 5.82 Å². The van der Waals surface area contributed by atoms with Crippen LogP contribution < -0.4 is 4.90 Å². The van der Waals surface area contributed by atoms with E-state index in [4.69, 9.17) is 4.55 Å². The predicted molar refractivity (Wildman–Crippen MR) is 98.5 cm³/mol. The van der Waals surface area contributed by atoms with E-state index in [0.717, 1.165) is 11.0 Å². The van der Waals surface area contributed by atoms with Crippen LogP contribution in [0.25, 0.3) is 22.4 Å². The Morgan fingerprint density at radius 3 is 2.62 bits per heavy atom. The smallest absolute Gasteiger partial charge is 0.234 e. The van der Waals surface area contributed by atoms with Crippen LogP contribution >= 0.6 is 0 Å². The number of fused-ring (bicyclic) bond motifs is 1. The van der Waals surface area contributed by atoms with Gasteiger partial charge >= 0.3 is 0 Å². The fourth-order valence-electron chi connectivity index (χ4n) is 3.23. The lowest BCUT2D eigenvalue weighted by atomic mass is 10.2. The van der Waals surface area contributed by atoms with Gasteiger partial charge in [0, 0.05) is 33.2 Å². The second-order valence-electron chi connectivity index (χ2n) is 6.15. The number of piperazine rings is 1. The maximum absolute atomic E-state index is 14.5. The third kappa shape index (κ3) is 2.98. The van der Waals surface area contributed by atoms with E-state index in [0.29, 0.717) is 43.4 Å². The number of pyridine rings is 1. The minimum Gasteiger partial charge on any atom is -0.354 e. The number of rotatable bonds is 3. The van der Waals surface area contributed by atoms with Gasteiger partial charge in [0.2, 0.25) is 11.3 Å². The van der Waals surface area contributed by atoms with Gasteiger partial charge in [0.1, 0.15) is 11.6 Å². The number of halogens is 1. The Labute approximate surface area is 152 Å². The molecule has 0 saturated carbocycles. The lowest BCUT2D eigenvalue weighted by molar-refractivity contribution is 0.372. The van der Waals surface area contributed by atoms with Gasteiger partial charge in [0.15, 0.2) is 5.82 Å². The topological polar surface area (TPSA) is 74.5 Å². The van der Waals surface area contributed by atoms with E-state index < -0.39 is 17.1 Å². The van der Waals surface area contributed by atoms with Crippen LogP contribution in [-0.2, 0) is 18.3 Å². The maximum atomic E-state index is 14.5. The van der Waals surface area contributed by atoms with Gasteiger partial charge in [-0.15, -0.1) is 0 Å². The third-order valence-electron chi connectivity index (χ3n) is 4.65. The number of para-hydroxylation sites is 2. The average molecular weight is 375 g/mol. The molecule has 0 bridgehead atoms. The van der Waals surface area contributed by atoms with Gasteiger partial charge in [0.25, 0.3) is 0 Å². The van der Waals surface area contributed by atoms with Gasteiger partial charge in [-0.2, -0.15) is 4.31 Å². The molecule has 0 amide bonds. The summed E-state index contributed by atoms with van der Waals surface area (Å²) >= 11 is -1.96. The summed E-state index contributed by atoms with van der Waals surface area (Å²) < 4.78 is 38.1. The van der Waals surface area contributed by atoms with E-state index in [1.807, 2.05) is 40.8 Å². The van der Waals surface area contributed by atoms with Crippen LogP contribution in [0.5, 0.6) is 0 Å². The highest BCUT2D eigenvalue weighted by molar-refractivity contribution is 7.76. The first-order valence-electron chi connectivity index (χ1n) is 8.23. The summed E-state index contributed by atoms with van der Waals surface area (Å²) in [6.45, 7) is 1.99. The molecule has 9 heteroatoms. The van der Waals surface area contributed by atoms with E-state index in [1.54, 1.807) is 6.07 Å². The lowest BCUT2D eigenvalue weighted by Crippen LogP contribution is -2.47. The van der Waals surface area contributed by atoms with Crippen LogP contribution in [0.4, 0.5) is 10.2 Å². The van der Waals surface area contributed by atoms with Crippen LogP contribution in [0.2, 0.25) is 0 Å². The zero-order valence-corrected chi connectivity index (χ0v) is 15.0. The number of aryl methyl sites for hydroxylation is 1. The molecule has 0 spiro atoms. The van der Waals surface area contributed by atoms with Gasteiger partial charge in [-0.1, -0.05) is 12.1 Å². The molecule has 1 N–H and O–H groups in total. The SMILES string of the molecule is Cn1c(-c2cc(N3CCN(S(=O)O)CC3)ncc2F)nc2ccccc21. The highest BCUT2D eigenvalue weighted by atomic mass is 32.2. The number of anilines is 1. The van der Waals surface area contributed by atoms with Gasteiger partial charge in [0.05, 0.1) is 22.8 Å². The third-order valence-corrected chi connectivity index (χ3v) is 5.46. The second kappa shape index (κ2) is 6.75. The number of nitrogens with zero attached hydrogens (tertiary/aromatic N) is 5. The Morgan fingerprint density at radius 1 is 1.19 bits per heavy atom. The van der Waals surface area contributed by atoms with Gasteiger partial charge in [-0.05, 0) is 18.2 Å². The highest BCUT2D eigenvalue weighted by Crippen LogP contribution is 2.28. The molecule has 0 aliphatic carbocycles. The molecule has 3 heterocycles. The van der Waals surface area contributed by atoms with E-state index >= 15 is 0 Å². The van der Waals surface area contributed by atoms with Crippen molar-refractivity contribution in [2.45, 2.75) is 0 Å². The molecule has 1 fully saturated rings. The van der Waals surface area contributed by atoms with Crippen molar-refractivity contribution in [2.24, 2.45) is 7.05 Å². The van der Waals surface area contributed by atoms with E-state index in [9.17, 15) is 8.60 Å². The summed E-state index contributed by atoms with van der Waals surface area (Å²) in [5.74, 6) is 0.751. The molecule has 2 aromatic heterocycles. The molecule has 3 aromatic rings. The minimum absolute atomic E-state index is 0.391. The second-order valence-corrected chi connectivity index (χ2v) is 7.13. The van der Waals surface area contributed by atoms with Crippen molar-refractivity contribution in [3.8, 4) is 11.4 Å². The number of hydrogen-bond donors (Lipinski definition) is 1. The average Bonchev–Trinajstić information content (AvgIpc) is 2.99. The van der Waals surface area contributed by atoms with Crippen molar-refractivity contribution in [3.05, 3.63) is 42.3 Å². The Morgan fingerprint density at radius 2 is 1.92 bits per heavy atom. The van der Waals surface area contributed by atoms with Crippen molar-refractivity contribution < 1.29 is 13.2 Å². The number of benzene rings is 1. The molecule has 1 aromatic carbocycles. The molecule has 4 rings (SSSR count). The van der Waals surface area contributed by atoms with E-state index in [1.165, 1.54) is 10.5 Å². The molecular formula is C17H18FN5O2S. The summed E-state index contributed by atoms with van der Waals surface area (Å²) in [5.41, 5.74) is 2.13. The van der Waals surface area contributed by atoms with Crippen LogP contribution in [-0.4, -0.2) is 53.8 Å². The molecule has 1 aliphatic heterocycles. The molecule has 7 nitrogen and oxygen atoms in total. The van der Waals surface area contributed by atoms with E-state index in [2.05, 4.69) is 9.97 Å². The Balaban J connectivity index is 1.69. The molecule has 136 valence electrons. The molecule has 1 atom stereocenters. The van der Waals surface area contributed by atoms with Crippen LogP contribution in [0.3, 0.4) is 0 Å². The van der Waals surface area contributed by atoms with Crippen molar-refractivity contribution in [1.82, 2.24) is 18.8 Å². The number of hydrogen-bond acceptors (Lipinski definition) is 4. The molecule has 26 heavy (non-hydrogen) atoms. The molecular weight excluding hydrogens is 357 g/mol. The van der Waals surface area contributed by atoms with Crippen molar-refractivity contribution in [1.29, 1.82) is 0 Å². The van der Waals surface area contributed by atoms with Crippen molar-refractivity contribution in [3.63, 3.8) is 0 Å². The normalized spacial score (nSPS) is 17.0. The Bertz CT molecular complexity index is 984. The summed E-state index contributed by atoms with van der Waals surface area (Å²) in [7, 11) is 1.86. The Kier molecular flexibility index (Phi) is 4.43. The lowest BCUT2D eigenvalue weighted by Gasteiger charge is -2.33. The number of imidazole rings is 1. The molecule has 1 unspecified atom stereocenters. The monoisotopic (exact) mass is 375 g/mol. The van der Waals surface area contributed by atoms with E-state index in [-0.39, 0.29) is 0 Å². The molecule has 0 radical (unpaired) electrons. The molecule has 1 saturated heterocycles. The highest BCUT2D eigenvalue weighted by Gasteiger charge is 2.23. The molecule has 1 aliphatic rings. The maximum Gasteiger partial charge on any atom is 0.234 e. The van der Waals surface area contributed by atoms with Crippen LogP contribution in [0.1, 0.15) is 0 Å². The predicted octanol–water partition coefficient (Wildman–Crippen LogP) is 2.03. The van der Waals surface area contributed by atoms with Crippen molar-refractivity contribution >= 4 is 28.1 Å². The first-order valence-corrected chi connectivity index (χ1v) is 9.29. The fraction of sp³-hybridized carbons (Fsp3) is 0.294. The summed E-state index contributed by atoms with van der Waals surface area (Å²) in [6.07, 6.45) is 1.21. The van der Waals surface area contributed by atoms with Gasteiger partial charge < -0.3 is 9.47 Å². The summed E-state index contributed by atoms with van der Waals surface area (Å²) in [5, 5.41) is 0. The fourth-order valence-corrected chi connectivity index (χ4v) is 3.71. The minimum atomic E-state index is -1.96. The largest absolute Gasteiger partial charge is 0.354 e.